The van der Waals surface area contributed by atoms with Crippen LogP contribution >= 0.6 is 0 Å². The van der Waals surface area contributed by atoms with Crippen LogP contribution in [0.4, 0.5) is 0 Å². The molecule has 0 radical (unpaired) electrons. The Morgan fingerprint density at radius 2 is 1.85 bits per heavy atom. The van der Waals surface area contributed by atoms with Crippen molar-refractivity contribution in [3.05, 3.63) is 34.7 Å². The maximum atomic E-state index is 10.2. The van der Waals surface area contributed by atoms with Crippen LogP contribution in [0.25, 0.3) is 0 Å². The Hall–Kier alpha value is -1.09. The van der Waals surface area contributed by atoms with Crippen molar-refractivity contribution in [2.24, 2.45) is 0 Å². The van der Waals surface area contributed by atoms with Crippen molar-refractivity contribution < 1.29 is 0 Å². The number of aromatic nitrogens is 1. The predicted octanol–water partition coefficient (Wildman–Crippen LogP) is 1.13. The second-order valence-electron chi connectivity index (χ2n) is 3.04. The number of nitrogens with one attached hydrogen (secondary N) is 2. The Morgan fingerprint density at radius 1 is 1.08 bits per heavy atom. The third-order valence-corrected chi connectivity index (χ3v) is 1.89. The summed E-state index contributed by atoms with van der Waals surface area (Å²) in [7, 11) is 0. The zero-order valence-corrected chi connectivity index (χ0v) is 7.75. The molecule has 1 aromatic heterocycles. The van der Waals surface area contributed by atoms with Crippen LogP contribution in [-0.4, -0.2) is 18.1 Å². The van der Waals surface area contributed by atoms with Crippen molar-refractivity contribution in [2.45, 2.75) is 19.3 Å². The summed E-state index contributed by atoms with van der Waals surface area (Å²) >= 11 is 0. The second-order valence-corrected chi connectivity index (χ2v) is 3.04. The second kappa shape index (κ2) is 6.43. The van der Waals surface area contributed by atoms with Crippen LogP contribution in [0.15, 0.2) is 29.2 Å². The van der Waals surface area contributed by atoms with Gasteiger partial charge in [0, 0.05) is 12.3 Å². The SMILES string of the molecule is C1CCNCC1.O=c1cccc[nH]1. The zero-order chi connectivity index (χ0) is 9.36. The van der Waals surface area contributed by atoms with E-state index in [-0.39, 0.29) is 5.56 Å². The summed E-state index contributed by atoms with van der Waals surface area (Å²) < 4.78 is 0. The first-order valence-electron chi connectivity index (χ1n) is 4.74. The molecule has 3 heteroatoms. The molecule has 2 N–H and O–H groups in total. The molecule has 1 aromatic rings. The minimum absolute atomic E-state index is 0.0532. The highest BCUT2D eigenvalue weighted by atomic mass is 16.1. The van der Waals surface area contributed by atoms with E-state index in [0.29, 0.717) is 0 Å². The summed E-state index contributed by atoms with van der Waals surface area (Å²) in [6, 6.07) is 4.93. The molecule has 1 aliphatic rings. The van der Waals surface area contributed by atoms with Gasteiger partial charge in [-0.1, -0.05) is 12.5 Å². The fraction of sp³-hybridized carbons (Fsp3) is 0.500. The third kappa shape index (κ3) is 5.20. The Balaban J connectivity index is 0.000000132. The first-order chi connectivity index (χ1) is 6.39. The highest BCUT2D eigenvalue weighted by molar-refractivity contribution is 4.89. The van der Waals surface area contributed by atoms with Crippen molar-refractivity contribution in [3.8, 4) is 0 Å². The van der Waals surface area contributed by atoms with Crippen LogP contribution < -0.4 is 10.9 Å². The normalized spacial score (nSPS) is 15.7. The molecule has 1 aliphatic heterocycles. The van der Waals surface area contributed by atoms with Gasteiger partial charge in [0.1, 0.15) is 0 Å². The molecule has 3 nitrogen and oxygen atoms in total. The molecule has 0 aromatic carbocycles. The van der Waals surface area contributed by atoms with Gasteiger partial charge in [-0.25, -0.2) is 0 Å². The van der Waals surface area contributed by atoms with Crippen LogP contribution in [0.3, 0.4) is 0 Å². The lowest BCUT2D eigenvalue weighted by molar-refractivity contribution is 0.520. The third-order valence-electron chi connectivity index (χ3n) is 1.89. The maximum absolute atomic E-state index is 10.2. The van der Waals surface area contributed by atoms with Crippen LogP contribution in [0, 0.1) is 0 Å². The highest BCUT2D eigenvalue weighted by Crippen LogP contribution is 1.96. The summed E-state index contributed by atoms with van der Waals surface area (Å²) in [6.07, 6.45) is 5.81. The fourth-order valence-electron chi connectivity index (χ4n) is 1.18. The van der Waals surface area contributed by atoms with Gasteiger partial charge in [0.05, 0.1) is 0 Å². The molecular weight excluding hydrogens is 164 g/mol. The molecule has 2 rings (SSSR count). The number of hydrogen-bond acceptors (Lipinski definition) is 2. The molecule has 0 spiro atoms. The van der Waals surface area contributed by atoms with Gasteiger partial charge < -0.3 is 10.3 Å². The van der Waals surface area contributed by atoms with E-state index in [9.17, 15) is 4.79 Å². The molecule has 2 heterocycles. The highest BCUT2D eigenvalue weighted by Gasteiger charge is 1.93. The summed E-state index contributed by atoms with van der Waals surface area (Å²) in [5.41, 5.74) is -0.0532. The Kier molecular flexibility index (Phi) is 4.94. The maximum Gasteiger partial charge on any atom is 0.247 e. The average molecular weight is 180 g/mol. The molecule has 0 bridgehead atoms. The van der Waals surface area contributed by atoms with Gasteiger partial charge in [-0.15, -0.1) is 0 Å². The molecule has 72 valence electrons. The summed E-state index contributed by atoms with van der Waals surface area (Å²) in [4.78, 5) is 12.7. The lowest BCUT2D eigenvalue weighted by Crippen LogP contribution is -2.21. The van der Waals surface area contributed by atoms with Gasteiger partial charge in [-0.3, -0.25) is 4.79 Å². The van der Waals surface area contributed by atoms with Gasteiger partial charge in [-0.2, -0.15) is 0 Å². The largest absolute Gasteiger partial charge is 0.329 e. The van der Waals surface area contributed by atoms with Crippen molar-refractivity contribution >= 4 is 0 Å². The van der Waals surface area contributed by atoms with Gasteiger partial charge in [0.15, 0.2) is 0 Å². The number of H-pyrrole nitrogens is 1. The molecule has 0 saturated carbocycles. The van der Waals surface area contributed by atoms with Crippen molar-refractivity contribution in [1.29, 1.82) is 0 Å². The first kappa shape index (κ1) is 9.99. The molecule has 0 atom stereocenters. The van der Waals surface area contributed by atoms with Gasteiger partial charge in [-0.05, 0) is 32.0 Å². The Bertz CT molecular complexity index is 237. The molecule has 0 unspecified atom stereocenters. The minimum atomic E-state index is -0.0532. The van der Waals surface area contributed by atoms with Crippen LogP contribution in [-0.2, 0) is 0 Å². The van der Waals surface area contributed by atoms with E-state index >= 15 is 0 Å². The van der Waals surface area contributed by atoms with Crippen LogP contribution in [0.5, 0.6) is 0 Å². The van der Waals surface area contributed by atoms with E-state index in [1.165, 1.54) is 38.4 Å². The van der Waals surface area contributed by atoms with Gasteiger partial charge >= 0.3 is 0 Å². The molecule has 0 amide bonds. The summed E-state index contributed by atoms with van der Waals surface area (Å²) in [5, 5.41) is 3.28. The molecule has 1 saturated heterocycles. The van der Waals surface area contributed by atoms with Gasteiger partial charge in [0.25, 0.3) is 0 Å². The Morgan fingerprint density at radius 3 is 2.08 bits per heavy atom. The molecular formula is C10H16N2O. The number of pyridine rings is 1. The van der Waals surface area contributed by atoms with Crippen LogP contribution in [0.2, 0.25) is 0 Å². The Labute approximate surface area is 78.2 Å². The molecule has 1 fully saturated rings. The summed E-state index contributed by atoms with van der Waals surface area (Å²) in [6.45, 7) is 2.50. The van der Waals surface area contributed by atoms with E-state index in [0.717, 1.165) is 0 Å². The van der Waals surface area contributed by atoms with Crippen molar-refractivity contribution in [1.82, 2.24) is 10.3 Å². The van der Waals surface area contributed by atoms with Crippen molar-refractivity contribution in [3.63, 3.8) is 0 Å². The number of aromatic amines is 1. The number of piperidine rings is 1. The number of rotatable bonds is 0. The minimum Gasteiger partial charge on any atom is -0.329 e. The fourth-order valence-corrected chi connectivity index (χ4v) is 1.18. The predicted molar refractivity (Wildman–Crippen MR) is 53.8 cm³/mol. The lowest BCUT2D eigenvalue weighted by atomic mass is 10.2. The molecule has 0 aliphatic carbocycles. The van der Waals surface area contributed by atoms with E-state index in [1.807, 2.05) is 0 Å². The first-order valence-corrected chi connectivity index (χ1v) is 4.74. The quantitative estimate of drug-likeness (QED) is 0.628. The topological polar surface area (TPSA) is 44.9 Å². The van der Waals surface area contributed by atoms with E-state index in [1.54, 1.807) is 18.3 Å². The van der Waals surface area contributed by atoms with E-state index in [4.69, 9.17) is 0 Å². The lowest BCUT2D eigenvalue weighted by Gasteiger charge is -2.08. The van der Waals surface area contributed by atoms with Crippen LogP contribution in [0.1, 0.15) is 19.3 Å². The zero-order valence-electron chi connectivity index (χ0n) is 7.75. The smallest absolute Gasteiger partial charge is 0.247 e. The van der Waals surface area contributed by atoms with Crippen molar-refractivity contribution in [2.75, 3.05) is 13.1 Å². The standard InChI is InChI=1S/C5H5NO.C5H11N/c7-5-3-1-2-4-6-5;1-2-4-6-5-3-1/h1-4H,(H,6,7);6H,1-5H2. The number of hydrogen-bond donors (Lipinski definition) is 2. The monoisotopic (exact) mass is 180 g/mol. The average Bonchev–Trinajstić information content (AvgIpc) is 2.22. The van der Waals surface area contributed by atoms with E-state index in [2.05, 4.69) is 10.3 Å². The summed E-state index contributed by atoms with van der Waals surface area (Å²) in [5.74, 6) is 0. The van der Waals surface area contributed by atoms with Gasteiger partial charge in [0.2, 0.25) is 5.56 Å². The van der Waals surface area contributed by atoms with E-state index < -0.39 is 0 Å². The molecule has 13 heavy (non-hydrogen) atoms.